The molecule has 5 heteroatoms. The van der Waals surface area contributed by atoms with Crippen LogP contribution in [0, 0.1) is 0 Å². The number of likely N-dealkylation sites (tertiary alicyclic amines) is 2. The summed E-state index contributed by atoms with van der Waals surface area (Å²) in [6.07, 6.45) is 6.91. The minimum Gasteiger partial charge on any atom is -0.490 e. The molecule has 170 valence electrons. The molecule has 1 aliphatic carbocycles. The molecule has 3 aliphatic rings. The molecule has 1 N–H and O–H groups in total. The van der Waals surface area contributed by atoms with E-state index in [2.05, 4.69) is 46.4 Å². The SMILES string of the molecule is CN1CCC(N2CCC(Oc3cccc(C(=O)NC4CCc5ccccc54)c3)CC2)CC1. The van der Waals surface area contributed by atoms with Crippen LogP contribution < -0.4 is 10.1 Å². The normalized spacial score (nSPS) is 23.1. The number of hydrogen-bond acceptors (Lipinski definition) is 4. The van der Waals surface area contributed by atoms with Crippen molar-refractivity contribution in [1.82, 2.24) is 15.1 Å². The first-order chi connectivity index (χ1) is 15.7. The van der Waals surface area contributed by atoms with E-state index < -0.39 is 0 Å². The molecule has 0 saturated carbocycles. The Bertz CT molecular complexity index is 930. The molecule has 32 heavy (non-hydrogen) atoms. The van der Waals surface area contributed by atoms with Crippen molar-refractivity contribution in [3.8, 4) is 5.75 Å². The largest absolute Gasteiger partial charge is 0.490 e. The van der Waals surface area contributed by atoms with Gasteiger partial charge < -0.3 is 19.9 Å². The first-order valence-corrected chi connectivity index (χ1v) is 12.2. The standard InChI is InChI=1S/C27H35N3O2/c1-29-15-11-22(12-16-29)30-17-13-23(14-18-30)32-24-7-4-6-21(19-24)27(31)28-26-10-9-20-5-2-3-8-25(20)26/h2-8,19,22-23,26H,9-18H2,1H3,(H,28,31). The van der Waals surface area contributed by atoms with Crippen molar-refractivity contribution in [2.75, 3.05) is 33.2 Å². The van der Waals surface area contributed by atoms with Gasteiger partial charge in [-0.05, 0) is 88.0 Å². The minimum absolute atomic E-state index is 0.0192. The van der Waals surface area contributed by atoms with Gasteiger partial charge >= 0.3 is 0 Å². The lowest BCUT2D eigenvalue weighted by Gasteiger charge is -2.41. The van der Waals surface area contributed by atoms with Crippen LogP contribution in [0.2, 0.25) is 0 Å². The molecule has 0 radical (unpaired) electrons. The van der Waals surface area contributed by atoms with Gasteiger partial charge in [0.15, 0.2) is 0 Å². The molecule has 1 unspecified atom stereocenters. The summed E-state index contributed by atoms with van der Waals surface area (Å²) in [5, 5.41) is 3.22. The van der Waals surface area contributed by atoms with Crippen LogP contribution in [-0.4, -0.2) is 61.1 Å². The van der Waals surface area contributed by atoms with Gasteiger partial charge in [0.05, 0.1) is 6.04 Å². The molecule has 2 aromatic carbocycles. The van der Waals surface area contributed by atoms with E-state index in [0.29, 0.717) is 5.56 Å². The fraction of sp³-hybridized carbons (Fsp3) is 0.519. The van der Waals surface area contributed by atoms with Crippen LogP contribution in [-0.2, 0) is 6.42 Å². The zero-order chi connectivity index (χ0) is 21.9. The quantitative estimate of drug-likeness (QED) is 0.773. The highest BCUT2D eigenvalue weighted by molar-refractivity contribution is 5.94. The molecule has 2 aliphatic heterocycles. The summed E-state index contributed by atoms with van der Waals surface area (Å²) < 4.78 is 6.31. The molecule has 2 fully saturated rings. The van der Waals surface area contributed by atoms with Crippen LogP contribution in [0.5, 0.6) is 5.75 Å². The molecule has 2 aromatic rings. The van der Waals surface area contributed by atoms with Gasteiger partial charge in [-0.2, -0.15) is 0 Å². The monoisotopic (exact) mass is 433 g/mol. The lowest BCUT2D eigenvalue weighted by molar-refractivity contribution is 0.0525. The number of hydrogen-bond donors (Lipinski definition) is 1. The molecular formula is C27H35N3O2. The highest BCUT2D eigenvalue weighted by Crippen LogP contribution is 2.31. The average molecular weight is 434 g/mol. The Labute approximate surface area is 191 Å². The molecule has 2 heterocycles. The lowest BCUT2D eigenvalue weighted by Crippen LogP contribution is -2.48. The third-order valence-corrected chi connectivity index (χ3v) is 7.52. The maximum atomic E-state index is 12.9. The number of ether oxygens (including phenoxy) is 1. The molecule has 5 nitrogen and oxygen atoms in total. The molecule has 1 amide bonds. The Hall–Kier alpha value is -2.37. The van der Waals surface area contributed by atoms with Crippen LogP contribution >= 0.6 is 0 Å². The van der Waals surface area contributed by atoms with E-state index in [-0.39, 0.29) is 18.1 Å². The fourth-order valence-corrected chi connectivity index (χ4v) is 5.57. The number of nitrogens with one attached hydrogen (secondary N) is 1. The van der Waals surface area contributed by atoms with Crippen molar-refractivity contribution in [2.24, 2.45) is 0 Å². The molecule has 1 atom stereocenters. The second-order valence-electron chi connectivity index (χ2n) is 9.68. The fourth-order valence-electron chi connectivity index (χ4n) is 5.57. The van der Waals surface area contributed by atoms with Gasteiger partial charge in [-0.15, -0.1) is 0 Å². The number of piperidine rings is 2. The Morgan fingerprint density at radius 1 is 0.938 bits per heavy atom. The number of benzene rings is 2. The van der Waals surface area contributed by atoms with Gasteiger partial charge in [0.1, 0.15) is 11.9 Å². The number of carbonyl (C=O) groups excluding carboxylic acids is 1. The van der Waals surface area contributed by atoms with E-state index >= 15 is 0 Å². The summed E-state index contributed by atoms with van der Waals surface area (Å²) in [6, 6.07) is 16.9. The summed E-state index contributed by atoms with van der Waals surface area (Å²) in [4.78, 5) is 18.0. The van der Waals surface area contributed by atoms with Gasteiger partial charge in [-0.25, -0.2) is 0 Å². The number of fused-ring (bicyclic) bond motifs is 1. The second-order valence-corrected chi connectivity index (χ2v) is 9.68. The molecule has 5 rings (SSSR count). The molecule has 0 bridgehead atoms. The summed E-state index contributed by atoms with van der Waals surface area (Å²) in [5.74, 6) is 0.788. The zero-order valence-corrected chi connectivity index (χ0v) is 19.1. The second kappa shape index (κ2) is 9.63. The van der Waals surface area contributed by atoms with Crippen LogP contribution in [0.15, 0.2) is 48.5 Å². The summed E-state index contributed by atoms with van der Waals surface area (Å²) in [5.41, 5.74) is 3.28. The van der Waals surface area contributed by atoms with E-state index in [9.17, 15) is 4.79 Å². The van der Waals surface area contributed by atoms with Gasteiger partial charge in [0.25, 0.3) is 5.91 Å². The van der Waals surface area contributed by atoms with E-state index in [1.165, 1.54) is 37.1 Å². The van der Waals surface area contributed by atoms with E-state index in [4.69, 9.17) is 4.74 Å². The predicted octanol–water partition coefficient (Wildman–Crippen LogP) is 4.04. The minimum atomic E-state index is -0.0192. The van der Waals surface area contributed by atoms with Gasteiger partial charge in [0, 0.05) is 24.7 Å². The first kappa shape index (κ1) is 21.5. The zero-order valence-electron chi connectivity index (χ0n) is 19.1. The summed E-state index contributed by atoms with van der Waals surface area (Å²) in [6.45, 7) is 4.64. The Kier molecular flexibility index (Phi) is 6.47. The maximum Gasteiger partial charge on any atom is 0.251 e. The van der Waals surface area contributed by atoms with Crippen LogP contribution in [0.1, 0.15) is 59.6 Å². The smallest absolute Gasteiger partial charge is 0.251 e. The van der Waals surface area contributed by atoms with E-state index in [1.807, 2.05) is 24.3 Å². The number of aryl methyl sites for hydroxylation is 1. The van der Waals surface area contributed by atoms with E-state index in [1.54, 1.807) is 0 Å². The number of carbonyl (C=O) groups is 1. The van der Waals surface area contributed by atoms with Crippen LogP contribution in [0.3, 0.4) is 0 Å². The summed E-state index contributed by atoms with van der Waals surface area (Å²) >= 11 is 0. The van der Waals surface area contributed by atoms with Crippen molar-refractivity contribution < 1.29 is 9.53 Å². The third-order valence-electron chi connectivity index (χ3n) is 7.52. The van der Waals surface area contributed by atoms with Gasteiger partial charge in [-0.1, -0.05) is 30.3 Å². The number of nitrogens with zero attached hydrogens (tertiary/aromatic N) is 2. The lowest BCUT2D eigenvalue weighted by atomic mass is 9.99. The highest BCUT2D eigenvalue weighted by atomic mass is 16.5. The van der Waals surface area contributed by atoms with Crippen molar-refractivity contribution in [1.29, 1.82) is 0 Å². The highest BCUT2D eigenvalue weighted by Gasteiger charge is 2.28. The topological polar surface area (TPSA) is 44.8 Å². The molecule has 2 saturated heterocycles. The van der Waals surface area contributed by atoms with Crippen LogP contribution in [0.25, 0.3) is 0 Å². The Morgan fingerprint density at radius 3 is 2.53 bits per heavy atom. The molecule has 0 spiro atoms. The van der Waals surface area contributed by atoms with Crippen molar-refractivity contribution >= 4 is 5.91 Å². The third kappa shape index (κ3) is 4.84. The van der Waals surface area contributed by atoms with Crippen LogP contribution in [0.4, 0.5) is 0 Å². The molecule has 0 aromatic heterocycles. The van der Waals surface area contributed by atoms with Crippen molar-refractivity contribution in [3.63, 3.8) is 0 Å². The number of amides is 1. The predicted molar refractivity (Wildman–Crippen MR) is 127 cm³/mol. The number of rotatable bonds is 5. The van der Waals surface area contributed by atoms with Crippen molar-refractivity contribution in [3.05, 3.63) is 65.2 Å². The van der Waals surface area contributed by atoms with Crippen molar-refractivity contribution in [2.45, 2.75) is 56.7 Å². The van der Waals surface area contributed by atoms with Gasteiger partial charge in [0.2, 0.25) is 0 Å². The first-order valence-electron chi connectivity index (χ1n) is 12.2. The Balaban J connectivity index is 1.14. The maximum absolute atomic E-state index is 12.9. The van der Waals surface area contributed by atoms with E-state index in [0.717, 1.165) is 50.6 Å². The Morgan fingerprint density at radius 2 is 1.72 bits per heavy atom. The van der Waals surface area contributed by atoms with Gasteiger partial charge in [-0.3, -0.25) is 4.79 Å². The average Bonchev–Trinajstić information content (AvgIpc) is 3.23. The molecular weight excluding hydrogens is 398 g/mol. The summed E-state index contributed by atoms with van der Waals surface area (Å²) in [7, 11) is 2.22.